The lowest BCUT2D eigenvalue weighted by atomic mass is 10.2. The van der Waals surface area contributed by atoms with Crippen molar-refractivity contribution in [1.29, 1.82) is 0 Å². The van der Waals surface area contributed by atoms with Crippen molar-refractivity contribution in [1.82, 2.24) is 15.5 Å². The van der Waals surface area contributed by atoms with Crippen LogP contribution in [0.15, 0.2) is 30.3 Å². The smallest absolute Gasteiger partial charge is 0.315 e. The van der Waals surface area contributed by atoms with E-state index in [0.717, 1.165) is 13.0 Å². The molecule has 7 heteroatoms. The first-order valence-corrected chi connectivity index (χ1v) is 7.70. The predicted octanol–water partition coefficient (Wildman–Crippen LogP) is 1.58. The summed E-state index contributed by atoms with van der Waals surface area (Å²) in [5.74, 6) is -3.29. The summed E-state index contributed by atoms with van der Waals surface area (Å²) >= 11 is 0. The number of benzene rings is 1. The van der Waals surface area contributed by atoms with E-state index in [1.54, 1.807) is 0 Å². The Balaban J connectivity index is 1.78. The zero-order valence-corrected chi connectivity index (χ0v) is 13.1. The Kier molecular flexibility index (Phi) is 5.90. The quantitative estimate of drug-likeness (QED) is 0.743. The molecule has 0 radical (unpaired) electrons. The van der Waals surface area contributed by atoms with Gasteiger partial charge in [0, 0.05) is 25.2 Å². The zero-order chi connectivity index (χ0) is 16.9. The summed E-state index contributed by atoms with van der Waals surface area (Å²) in [6.45, 7) is 1.41. The van der Waals surface area contributed by atoms with E-state index in [4.69, 9.17) is 5.11 Å². The number of likely N-dealkylation sites (tertiary alicyclic amines) is 1. The number of aliphatic hydroxyl groups excluding tert-OH is 1. The van der Waals surface area contributed by atoms with Crippen molar-refractivity contribution >= 4 is 6.03 Å². The second-order valence-electron chi connectivity index (χ2n) is 6.04. The van der Waals surface area contributed by atoms with Crippen LogP contribution < -0.4 is 10.6 Å². The molecule has 0 unspecified atom stereocenters. The molecule has 1 aliphatic heterocycles. The molecule has 2 atom stereocenters. The molecule has 2 amide bonds. The molecule has 1 aliphatic rings. The third kappa shape index (κ3) is 5.44. The van der Waals surface area contributed by atoms with Crippen LogP contribution in [0.1, 0.15) is 18.9 Å². The second kappa shape index (κ2) is 7.70. The SMILES string of the molecule is C[C@H]1C[C@@H](NC(=O)NCC(F)(F)CO)CN1Cc1ccccc1. The highest BCUT2D eigenvalue weighted by Crippen LogP contribution is 2.20. The van der Waals surface area contributed by atoms with Crippen LogP contribution in [0.2, 0.25) is 0 Å². The monoisotopic (exact) mass is 327 g/mol. The largest absolute Gasteiger partial charge is 0.390 e. The molecule has 0 spiro atoms. The third-order valence-electron chi connectivity index (χ3n) is 4.01. The summed E-state index contributed by atoms with van der Waals surface area (Å²) in [4.78, 5) is 13.9. The van der Waals surface area contributed by atoms with E-state index in [1.165, 1.54) is 5.56 Å². The van der Waals surface area contributed by atoms with Gasteiger partial charge in [0.2, 0.25) is 0 Å². The topological polar surface area (TPSA) is 64.6 Å². The molecular weight excluding hydrogens is 304 g/mol. The van der Waals surface area contributed by atoms with Crippen molar-refractivity contribution in [2.75, 3.05) is 19.7 Å². The number of carbonyl (C=O) groups excluding carboxylic acids is 1. The van der Waals surface area contributed by atoms with Crippen molar-refractivity contribution in [3.05, 3.63) is 35.9 Å². The highest BCUT2D eigenvalue weighted by atomic mass is 19.3. The molecular formula is C16H23F2N3O2. The summed E-state index contributed by atoms with van der Waals surface area (Å²) in [7, 11) is 0. The normalized spacial score (nSPS) is 22.1. The summed E-state index contributed by atoms with van der Waals surface area (Å²) in [5.41, 5.74) is 1.20. The Labute approximate surface area is 134 Å². The van der Waals surface area contributed by atoms with Crippen LogP contribution in [0.25, 0.3) is 0 Å². The zero-order valence-electron chi connectivity index (χ0n) is 13.1. The molecule has 1 fully saturated rings. The number of rotatable bonds is 6. The summed E-state index contributed by atoms with van der Waals surface area (Å²) in [5, 5.41) is 13.3. The van der Waals surface area contributed by atoms with Crippen molar-refractivity contribution in [3.8, 4) is 0 Å². The second-order valence-corrected chi connectivity index (χ2v) is 6.04. The van der Waals surface area contributed by atoms with Gasteiger partial charge in [-0.2, -0.15) is 0 Å². The number of hydrogen-bond acceptors (Lipinski definition) is 3. The highest BCUT2D eigenvalue weighted by molar-refractivity contribution is 5.74. The fourth-order valence-corrected chi connectivity index (χ4v) is 2.74. The molecule has 0 saturated carbocycles. The Hall–Kier alpha value is -1.73. The first-order chi connectivity index (χ1) is 10.9. The maximum atomic E-state index is 12.9. The number of nitrogens with zero attached hydrogens (tertiary/aromatic N) is 1. The molecule has 1 aromatic rings. The Bertz CT molecular complexity index is 513. The van der Waals surface area contributed by atoms with E-state index in [0.29, 0.717) is 12.6 Å². The number of urea groups is 1. The molecule has 2 rings (SSSR count). The molecule has 5 nitrogen and oxygen atoms in total. The predicted molar refractivity (Wildman–Crippen MR) is 83.3 cm³/mol. The lowest BCUT2D eigenvalue weighted by Crippen LogP contribution is -2.47. The first-order valence-electron chi connectivity index (χ1n) is 7.70. The van der Waals surface area contributed by atoms with E-state index < -0.39 is 25.1 Å². The molecule has 1 heterocycles. The van der Waals surface area contributed by atoms with E-state index in [9.17, 15) is 13.6 Å². The maximum absolute atomic E-state index is 12.9. The van der Waals surface area contributed by atoms with Crippen molar-refractivity contribution in [2.45, 2.75) is 37.9 Å². The van der Waals surface area contributed by atoms with Crippen LogP contribution in [0, 0.1) is 0 Å². The minimum atomic E-state index is -3.29. The molecule has 0 bridgehead atoms. The molecule has 1 saturated heterocycles. The average molecular weight is 327 g/mol. The molecule has 23 heavy (non-hydrogen) atoms. The molecule has 128 valence electrons. The van der Waals surface area contributed by atoms with Gasteiger partial charge in [-0.05, 0) is 18.9 Å². The summed E-state index contributed by atoms with van der Waals surface area (Å²) in [6.07, 6.45) is 0.774. The first kappa shape index (κ1) is 17.6. The molecule has 1 aromatic carbocycles. The number of halogens is 2. The number of carbonyl (C=O) groups is 1. The standard InChI is InChI=1S/C16H23F2N3O2/c1-12-7-14(20-15(23)19-10-16(17,18)11-22)9-21(12)8-13-5-3-2-4-6-13/h2-6,12,14,22H,7-11H2,1H3,(H2,19,20,23)/t12-,14+/m0/s1. The van der Waals surface area contributed by atoms with Gasteiger partial charge < -0.3 is 15.7 Å². The van der Waals surface area contributed by atoms with Gasteiger partial charge in [0.15, 0.2) is 0 Å². The highest BCUT2D eigenvalue weighted by Gasteiger charge is 2.31. The van der Waals surface area contributed by atoms with E-state index in [-0.39, 0.29) is 6.04 Å². The molecule has 0 aromatic heterocycles. The van der Waals surface area contributed by atoms with Gasteiger partial charge >= 0.3 is 6.03 Å². The van der Waals surface area contributed by atoms with Crippen molar-refractivity contribution < 1.29 is 18.7 Å². The van der Waals surface area contributed by atoms with Gasteiger partial charge in [0.05, 0.1) is 6.54 Å². The fourth-order valence-electron chi connectivity index (χ4n) is 2.74. The van der Waals surface area contributed by atoms with E-state index in [1.807, 2.05) is 18.2 Å². The van der Waals surface area contributed by atoms with Crippen LogP contribution in [-0.2, 0) is 6.54 Å². The minimum absolute atomic E-state index is 0.0727. The van der Waals surface area contributed by atoms with Gasteiger partial charge in [0.1, 0.15) is 6.61 Å². The molecule has 3 N–H and O–H groups in total. The maximum Gasteiger partial charge on any atom is 0.315 e. The Morgan fingerprint density at radius 1 is 1.39 bits per heavy atom. The van der Waals surface area contributed by atoms with Crippen molar-refractivity contribution in [3.63, 3.8) is 0 Å². The number of nitrogens with one attached hydrogen (secondary N) is 2. The summed E-state index contributed by atoms with van der Waals surface area (Å²) in [6, 6.07) is 9.65. The Morgan fingerprint density at radius 3 is 2.74 bits per heavy atom. The van der Waals surface area contributed by atoms with Crippen molar-refractivity contribution in [2.24, 2.45) is 0 Å². The fraction of sp³-hybridized carbons (Fsp3) is 0.562. The number of hydrogen-bond donors (Lipinski definition) is 3. The lowest BCUT2D eigenvalue weighted by Gasteiger charge is -2.21. The number of alkyl halides is 2. The van der Waals surface area contributed by atoms with Gasteiger partial charge in [-0.15, -0.1) is 0 Å². The van der Waals surface area contributed by atoms with Crippen LogP contribution in [0.3, 0.4) is 0 Å². The third-order valence-corrected chi connectivity index (χ3v) is 4.01. The van der Waals surface area contributed by atoms with Gasteiger partial charge in [-0.1, -0.05) is 30.3 Å². The van der Waals surface area contributed by atoms with Gasteiger partial charge in [0.25, 0.3) is 5.92 Å². The molecule has 0 aliphatic carbocycles. The Morgan fingerprint density at radius 2 is 2.09 bits per heavy atom. The van der Waals surface area contributed by atoms with Crippen LogP contribution >= 0.6 is 0 Å². The van der Waals surface area contributed by atoms with Gasteiger partial charge in [-0.25, -0.2) is 13.6 Å². The van der Waals surface area contributed by atoms with Crippen LogP contribution in [0.4, 0.5) is 13.6 Å². The van der Waals surface area contributed by atoms with E-state index in [2.05, 4.69) is 34.6 Å². The van der Waals surface area contributed by atoms with Gasteiger partial charge in [-0.3, -0.25) is 4.90 Å². The number of aliphatic hydroxyl groups is 1. The lowest BCUT2D eigenvalue weighted by molar-refractivity contribution is -0.0454. The van der Waals surface area contributed by atoms with Crippen LogP contribution in [0.5, 0.6) is 0 Å². The van der Waals surface area contributed by atoms with Crippen LogP contribution in [-0.4, -0.2) is 53.7 Å². The van der Waals surface area contributed by atoms with E-state index >= 15 is 0 Å². The number of amides is 2. The average Bonchev–Trinajstić information content (AvgIpc) is 2.86. The minimum Gasteiger partial charge on any atom is -0.390 e. The summed E-state index contributed by atoms with van der Waals surface area (Å²) < 4.78 is 25.8.